The Kier molecular flexibility index (Phi) is 2.44. The number of hydrogen-bond donors (Lipinski definition) is 0. The first-order valence-electron chi connectivity index (χ1n) is 3.52. The Balaban J connectivity index is 2.67. The van der Waals surface area contributed by atoms with Crippen molar-refractivity contribution in [3.8, 4) is 0 Å². The van der Waals surface area contributed by atoms with Gasteiger partial charge in [-0.3, -0.25) is 0 Å². The zero-order chi connectivity index (χ0) is 8.55. The van der Waals surface area contributed by atoms with Crippen LogP contribution in [0.1, 0.15) is 0 Å². The lowest BCUT2D eigenvalue weighted by molar-refractivity contribution is 1.73. The summed E-state index contributed by atoms with van der Waals surface area (Å²) >= 11 is 7.11. The van der Waals surface area contributed by atoms with Crippen LogP contribution in [0.4, 0.5) is 0 Å². The zero-order valence-corrected chi connectivity index (χ0v) is 9.72. The van der Waals surface area contributed by atoms with Crippen molar-refractivity contribution < 1.29 is 0 Å². The summed E-state index contributed by atoms with van der Waals surface area (Å²) < 4.78 is 3.89. The third kappa shape index (κ3) is 1.53. The van der Waals surface area contributed by atoms with E-state index in [2.05, 4.69) is 46.5 Å². The molecule has 62 valence electrons. The predicted molar refractivity (Wildman–Crippen MR) is 61.3 cm³/mol. The van der Waals surface area contributed by atoms with Crippen LogP contribution >= 0.6 is 39.0 Å². The highest BCUT2D eigenvalue weighted by Gasteiger charge is 1.99. The summed E-state index contributed by atoms with van der Waals surface area (Å²) in [6.45, 7) is 0. The zero-order valence-electron chi connectivity index (χ0n) is 6.50. The molecule has 0 aliphatic heterocycles. The molecule has 0 amide bonds. The molecular formula is C9H7BrS2. The molecule has 0 saturated heterocycles. The van der Waals surface area contributed by atoms with Gasteiger partial charge in [0, 0.05) is 9.17 Å². The van der Waals surface area contributed by atoms with Crippen LogP contribution in [-0.2, 0) is 0 Å². The van der Waals surface area contributed by atoms with Crippen molar-refractivity contribution in [1.29, 1.82) is 0 Å². The number of benzene rings is 1. The fourth-order valence-electron chi connectivity index (χ4n) is 1.09. The summed E-state index contributed by atoms with van der Waals surface area (Å²) in [5.41, 5.74) is 0. The van der Waals surface area contributed by atoms with Crippen molar-refractivity contribution in [1.82, 2.24) is 0 Å². The van der Waals surface area contributed by atoms with Crippen molar-refractivity contribution in [2.45, 2.75) is 4.21 Å². The fraction of sp³-hybridized carbons (Fsp3) is 0.111. The highest BCUT2D eigenvalue weighted by Crippen LogP contribution is 2.32. The van der Waals surface area contributed by atoms with E-state index in [0.29, 0.717) is 0 Å². The molecule has 0 radical (unpaired) electrons. The summed E-state index contributed by atoms with van der Waals surface area (Å²) in [7, 11) is 0. The largest absolute Gasteiger partial charge is 0.129 e. The third-order valence-corrected chi connectivity index (χ3v) is 4.33. The van der Waals surface area contributed by atoms with E-state index in [0.717, 1.165) is 4.47 Å². The second-order valence-corrected chi connectivity index (χ2v) is 5.56. The minimum Gasteiger partial charge on any atom is -0.129 e. The molecule has 0 saturated carbocycles. The number of thioether (sulfide) groups is 1. The van der Waals surface area contributed by atoms with Crippen LogP contribution in [-0.4, -0.2) is 6.26 Å². The van der Waals surface area contributed by atoms with E-state index >= 15 is 0 Å². The van der Waals surface area contributed by atoms with E-state index in [1.54, 1.807) is 11.8 Å². The second kappa shape index (κ2) is 3.40. The maximum absolute atomic E-state index is 3.46. The first-order valence-corrected chi connectivity index (χ1v) is 6.36. The second-order valence-electron chi connectivity index (χ2n) is 2.45. The van der Waals surface area contributed by atoms with E-state index < -0.39 is 0 Å². The molecule has 2 aromatic rings. The molecule has 0 fully saturated rings. The molecule has 0 spiro atoms. The smallest absolute Gasteiger partial charge is 0.0608 e. The number of fused-ring (bicyclic) bond motifs is 1. The van der Waals surface area contributed by atoms with Crippen molar-refractivity contribution in [3.63, 3.8) is 0 Å². The van der Waals surface area contributed by atoms with Gasteiger partial charge in [0.25, 0.3) is 0 Å². The summed E-state index contributed by atoms with van der Waals surface area (Å²) in [5.74, 6) is 0. The molecule has 0 nitrogen and oxygen atoms in total. The molecule has 0 aliphatic rings. The molecule has 0 atom stereocenters. The number of halogens is 1. The molecule has 0 N–H and O–H groups in total. The lowest BCUT2D eigenvalue weighted by Gasteiger charge is -1.88. The van der Waals surface area contributed by atoms with E-state index in [9.17, 15) is 0 Å². The van der Waals surface area contributed by atoms with Gasteiger partial charge in [0.2, 0.25) is 0 Å². The summed E-state index contributed by atoms with van der Waals surface area (Å²) in [4.78, 5) is 0. The van der Waals surface area contributed by atoms with Gasteiger partial charge >= 0.3 is 0 Å². The molecule has 3 heteroatoms. The average Bonchev–Trinajstić information content (AvgIpc) is 2.46. The van der Waals surface area contributed by atoms with Crippen LogP contribution in [0.5, 0.6) is 0 Å². The Bertz CT molecular complexity index is 406. The van der Waals surface area contributed by atoms with Gasteiger partial charge in [-0.25, -0.2) is 0 Å². The molecule has 0 bridgehead atoms. The minimum absolute atomic E-state index is 1.15. The van der Waals surface area contributed by atoms with Gasteiger partial charge in [0.05, 0.1) is 4.21 Å². The molecule has 0 aliphatic carbocycles. The Morgan fingerprint density at radius 2 is 2.17 bits per heavy atom. The lowest BCUT2D eigenvalue weighted by Crippen LogP contribution is -1.62. The highest BCUT2D eigenvalue weighted by molar-refractivity contribution is 9.10. The van der Waals surface area contributed by atoms with Crippen molar-refractivity contribution in [2.24, 2.45) is 0 Å². The summed E-state index contributed by atoms with van der Waals surface area (Å²) in [6.07, 6.45) is 2.11. The Hall–Kier alpha value is 0.01000. The van der Waals surface area contributed by atoms with Crippen LogP contribution < -0.4 is 0 Å². The van der Waals surface area contributed by atoms with E-state index in [-0.39, 0.29) is 0 Å². The van der Waals surface area contributed by atoms with Crippen molar-refractivity contribution in [2.75, 3.05) is 6.26 Å². The van der Waals surface area contributed by atoms with Crippen molar-refractivity contribution >= 4 is 49.1 Å². The molecule has 1 aromatic carbocycles. The normalized spacial score (nSPS) is 10.8. The van der Waals surface area contributed by atoms with Crippen LogP contribution in [0, 0.1) is 0 Å². The van der Waals surface area contributed by atoms with Gasteiger partial charge < -0.3 is 0 Å². The van der Waals surface area contributed by atoms with Gasteiger partial charge in [0.15, 0.2) is 0 Å². The predicted octanol–water partition coefficient (Wildman–Crippen LogP) is 4.39. The first kappa shape index (κ1) is 8.60. The van der Waals surface area contributed by atoms with Gasteiger partial charge in [-0.05, 0) is 35.9 Å². The van der Waals surface area contributed by atoms with Crippen LogP contribution in [0.2, 0.25) is 0 Å². The number of thiophene rings is 1. The van der Waals surface area contributed by atoms with Gasteiger partial charge in [-0.2, -0.15) is 0 Å². The van der Waals surface area contributed by atoms with Crippen LogP contribution in [0.15, 0.2) is 32.9 Å². The van der Waals surface area contributed by atoms with E-state index in [1.807, 2.05) is 11.3 Å². The topological polar surface area (TPSA) is 0 Å². The van der Waals surface area contributed by atoms with Crippen LogP contribution in [0.3, 0.4) is 0 Å². The van der Waals surface area contributed by atoms with E-state index in [4.69, 9.17) is 0 Å². The summed E-state index contributed by atoms with van der Waals surface area (Å²) in [6, 6.07) is 8.63. The van der Waals surface area contributed by atoms with Gasteiger partial charge in [0.1, 0.15) is 0 Å². The summed E-state index contributed by atoms with van der Waals surface area (Å²) in [5, 5.41) is 1.33. The maximum Gasteiger partial charge on any atom is 0.0608 e. The molecule has 2 rings (SSSR count). The quantitative estimate of drug-likeness (QED) is 0.684. The standard InChI is InChI=1S/C9H7BrS2/c1-11-9-5-6-4-7(10)2-3-8(6)12-9/h2-5H,1H3. The molecule has 12 heavy (non-hydrogen) atoms. The Morgan fingerprint density at radius 1 is 1.33 bits per heavy atom. The maximum atomic E-state index is 3.46. The number of rotatable bonds is 1. The van der Waals surface area contributed by atoms with Crippen molar-refractivity contribution in [3.05, 3.63) is 28.7 Å². The Labute approximate surface area is 88.1 Å². The fourth-order valence-corrected chi connectivity index (χ4v) is 3.09. The number of hydrogen-bond acceptors (Lipinski definition) is 2. The first-order chi connectivity index (χ1) is 5.79. The monoisotopic (exact) mass is 258 g/mol. The Morgan fingerprint density at radius 3 is 2.92 bits per heavy atom. The molecule has 1 aromatic heterocycles. The minimum atomic E-state index is 1.15. The molecule has 1 heterocycles. The van der Waals surface area contributed by atoms with E-state index in [1.165, 1.54) is 14.3 Å². The SMILES string of the molecule is CSc1cc2cc(Br)ccc2s1. The highest BCUT2D eigenvalue weighted by atomic mass is 79.9. The average molecular weight is 259 g/mol. The van der Waals surface area contributed by atoms with Crippen LogP contribution in [0.25, 0.3) is 10.1 Å². The van der Waals surface area contributed by atoms with Gasteiger partial charge in [-0.1, -0.05) is 15.9 Å². The third-order valence-electron chi connectivity index (χ3n) is 1.66. The van der Waals surface area contributed by atoms with Gasteiger partial charge in [-0.15, -0.1) is 23.1 Å². The lowest BCUT2D eigenvalue weighted by atomic mass is 10.3. The molecular weight excluding hydrogens is 252 g/mol. The molecule has 0 unspecified atom stereocenters.